The number of ether oxygens (including phenoxy) is 2. The maximum Gasteiger partial charge on any atom is 0.271 e. The van der Waals surface area contributed by atoms with Gasteiger partial charge in [-0.2, -0.15) is 5.10 Å². The molecule has 2 fully saturated rings. The molecule has 0 unspecified atom stereocenters. The zero-order valence-electron chi connectivity index (χ0n) is 23.0. The Morgan fingerprint density at radius 1 is 0.976 bits per heavy atom. The van der Waals surface area contributed by atoms with Gasteiger partial charge in [0.15, 0.2) is 17.3 Å². The van der Waals surface area contributed by atoms with Gasteiger partial charge < -0.3 is 30.4 Å². The van der Waals surface area contributed by atoms with Crippen molar-refractivity contribution in [3.05, 3.63) is 54.4 Å². The van der Waals surface area contributed by atoms with Crippen molar-refractivity contribution in [2.75, 3.05) is 24.9 Å². The molecule has 6 rings (SSSR count). The fourth-order valence-corrected chi connectivity index (χ4v) is 9.14. The number of pyridine rings is 1. The molecular weight excluding hydrogens is 543 g/mol. The number of hydrogen-bond donors (Lipinski definition) is 3. The molecule has 1 amide bonds. The number of carbonyl (C=O) groups is 1. The number of benzene rings is 1. The maximum atomic E-state index is 14.2. The van der Waals surface area contributed by atoms with Crippen LogP contribution in [0, 0.1) is 0 Å². The number of aromatic nitrogens is 5. The highest BCUT2D eigenvalue weighted by Crippen LogP contribution is 2.69. The number of carbonyl (C=O) groups excluding carboxylic acids is 1. The predicted octanol–water partition coefficient (Wildman–Crippen LogP) is 4.19. The van der Waals surface area contributed by atoms with Crippen molar-refractivity contribution in [1.82, 2.24) is 25.0 Å². The van der Waals surface area contributed by atoms with Gasteiger partial charge in [-0.05, 0) is 56.0 Å². The lowest BCUT2D eigenvalue weighted by molar-refractivity contribution is 0.0995. The molecule has 2 aliphatic rings. The number of amides is 1. The van der Waals surface area contributed by atoms with E-state index in [1.54, 1.807) is 43.3 Å². The van der Waals surface area contributed by atoms with Crippen LogP contribution in [0.25, 0.3) is 11.3 Å². The highest BCUT2D eigenvalue weighted by atomic mass is 31.2. The van der Waals surface area contributed by atoms with Crippen molar-refractivity contribution in [3.8, 4) is 22.8 Å². The van der Waals surface area contributed by atoms with Crippen molar-refractivity contribution in [3.63, 3.8) is 0 Å². The Hall–Kier alpha value is -4.44. The molecule has 0 bridgehead atoms. The number of aryl methyl sites for hydroxylation is 1. The van der Waals surface area contributed by atoms with Gasteiger partial charge in [-0.15, -0.1) is 10.2 Å². The average Bonchev–Trinajstić information content (AvgIpc) is 3.90. The monoisotopic (exact) mass is 574 g/mol. The lowest BCUT2D eigenvalue weighted by atomic mass is 10.1. The second-order valence-corrected chi connectivity index (χ2v) is 13.6. The maximum absolute atomic E-state index is 14.2. The number of nitrogens with one attached hydrogen (secondary N) is 2. The first-order valence-electron chi connectivity index (χ1n) is 13.3. The summed E-state index contributed by atoms with van der Waals surface area (Å²) in [7, 11) is 2.47. The van der Waals surface area contributed by atoms with Crippen LogP contribution in [-0.2, 0) is 11.6 Å². The summed E-state index contributed by atoms with van der Waals surface area (Å²) in [6.07, 6.45) is 5.64. The standard InChI is InChI=1S/C28H31N8O4P/c1-36-25(41(38,17-8-9-17)18-10-11-18)14-21(35-36)19-5-4-6-20(27(19)40-3)31-22-13-24(33-34-26(22)28(29)37)32-23-12-7-16(39-2)15-30-23/h4-7,12-15,17-18H,8-11H2,1-3H3,(H2,29,37)(H2,30,31,32,33). The molecule has 4 aromatic rings. The first kappa shape index (κ1) is 26.8. The summed E-state index contributed by atoms with van der Waals surface area (Å²) in [6.45, 7) is 0. The topological polar surface area (TPSA) is 159 Å². The first-order chi connectivity index (χ1) is 19.8. The summed E-state index contributed by atoms with van der Waals surface area (Å²) in [6, 6.07) is 12.6. The van der Waals surface area contributed by atoms with Gasteiger partial charge in [-0.1, -0.05) is 6.07 Å². The Kier molecular flexibility index (Phi) is 6.86. The minimum Gasteiger partial charge on any atom is -0.495 e. The van der Waals surface area contributed by atoms with Gasteiger partial charge in [-0.3, -0.25) is 9.48 Å². The van der Waals surface area contributed by atoms with E-state index in [2.05, 4.69) is 25.8 Å². The molecule has 212 valence electrons. The highest BCUT2D eigenvalue weighted by Gasteiger charge is 2.53. The molecule has 0 atom stereocenters. The minimum atomic E-state index is -2.52. The van der Waals surface area contributed by atoms with Crippen LogP contribution in [0.4, 0.5) is 23.0 Å². The van der Waals surface area contributed by atoms with Crippen molar-refractivity contribution in [1.29, 1.82) is 0 Å². The van der Waals surface area contributed by atoms with Crippen LogP contribution in [0.2, 0.25) is 0 Å². The fourth-order valence-electron chi connectivity index (χ4n) is 5.14. The van der Waals surface area contributed by atoms with Crippen molar-refractivity contribution in [2.45, 2.75) is 37.0 Å². The third-order valence-corrected chi connectivity index (χ3v) is 11.7. The smallest absolute Gasteiger partial charge is 0.271 e. The number of rotatable bonds is 11. The summed E-state index contributed by atoms with van der Waals surface area (Å²) in [5, 5.41) is 19.2. The zero-order valence-corrected chi connectivity index (χ0v) is 23.9. The molecule has 41 heavy (non-hydrogen) atoms. The summed E-state index contributed by atoms with van der Waals surface area (Å²) >= 11 is 0. The van der Waals surface area contributed by atoms with E-state index in [-0.39, 0.29) is 17.0 Å². The lowest BCUT2D eigenvalue weighted by Gasteiger charge is -2.17. The van der Waals surface area contributed by atoms with Crippen LogP contribution in [-0.4, -0.2) is 56.4 Å². The van der Waals surface area contributed by atoms with Gasteiger partial charge in [0.05, 0.1) is 42.9 Å². The summed E-state index contributed by atoms with van der Waals surface area (Å²) in [5.41, 5.74) is 9.23. The van der Waals surface area contributed by atoms with E-state index in [4.69, 9.17) is 20.3 Å². The average molecular weight is 575 g/mol. The van der Waals surface area contributed by atoms with E-state index < -0.39 is 13.0 Å². The van der Waals surface area contributed by atoms with Crippen molar-refractivity contribution < 1.29 is 18.8 Å². The molecule has 13 heteroatoms. The molecule has 3 aromatic heterocycles. The minimum absolute atomic E-state index is 0.0411. The van der Waals surface area contributed by atoms with Crippen molar-refractivity contribution in [2.24, 2.45) is 12.8 Å². The molecule has 0 spiro atoms. The Morgan fingerprint density at radius 3 is 2.34 bits per heavy atom. The van der Waals surface area contributed by atoms with Gasteiger partial charge in [0.25, 0.3) is 5.91 Å². The number of methoxy groups -OCH3 is 2. The fraction of sp³-hybridized carbons (Fsp3) is 0.321. The molecule has 12 nitrogen and oxygen atoms in total. The Labute approximate surface area is 237 Å². The Morgan fingerprint density at radius 2 is 1.73 bits per heavy atom. The largest absolute Gasteiger partial charge is 0.495 e. The molecule has 0 aliphatic heterocycles. The number of anilines is 4. The van der Waals surface area contributed by atoms with E-state index in [1.165, 1.54) is 0 Å². The second kappa shape index (κ2) is 10.5. The van der Waals surface area contributed by atoms with Gasteiger partial charge >= 0.3 is 0 Å². The molecule has 0 radical (unpaired) electrons. The van der Waals surface area contributed by atoms with Crippen LogP contribution >= 0.6 is 7.14 Å². The third-order valence-electron chi connectivity index (χ3n) is 7.41. The lowest BCUT2D eigenvalue weighted by Crippen LogP contribution is -2.20. The van der Waals surface area contributed by atoms with E-state index in [0.717, 1.165) is 36.7 Å². The summed E-state index contributed by atoms with van der Waals surface area (Å²) in [5.74, 6) is 1.23. The van der Waals surface area contributed by atoms with E-state index in [1.807, 2.05) is 31.3 Å². The third kappa shape index (κ3) is 5.11. The Balaban J connectivity index is 1.34. The molecule has 4 N–H and O–H groups in total. The normalized spacial score (nSPS) is 14.9. The summed E-state index contributed by atoms with van der Waals surface area (Å²) in [4.78, 5) is 16.5. The van der Waals surface area contributed by atoms with Gasteiger partial charge in [-0.25, -0.2) is 4.98 Å². The quantitative estimate of drug-likeness (QED) is 0.222. The van der Waals surface area contributed by atoms with Crippen LogP contribution in [0.1, 0.15) is 36.2 Å². The van der Waals surface area contributed by atoms with Gasteiger partial charge in [0.1, 0.15) is 18.7 Å². The number of hydrogen-bond acceptors (Lipinski definition) is 10. The highest BCUT2D eigenvalue weighted by molar-refractivity contribution is 7.73. The van der Waals surface area contributed by atoms with Gasteiger partial charge in [0.2, 0.25) is 0 Å². The van der Waals surface area contributed by atoms with Crippen LogP contribution in [0.5, 0.6) is 11.5 Å². The SMILES string of the molecule is COc1ccc(Nc2cc(Nc3cccc(-c4cc(P(=O)(C5CC5)C5CC5)n(C)n4)c3OC)c(C(N)=O)nn2)nc1. The van der Waals surface area contributed by atoms with Crippen molar-refractivity contribution >= 4 is 41.5 Å². The Bertz CT molecular complexity index is 1650. The number of nitrogens with zero attached hydrogens (tertiary/aromatic N) is 5. The zero-order chi connectivity index (χ0) is 28.7. The van der Waals surface area contributed by atoms with E-state index in [9.17, 15) is 9.36 Å². The van der Waals surface area contributed by atoms with E-state index >= 15 is 0 Å². The van der Waals surface area contributed by atoms with Crippen LogP contribution in [0.3, 0.4) is 0 Å². The molecule has 2 saturated carbocycles. The van der Waals surface area contributed by atoms with Crippen LogP contribution in [0.15, 0.2) is 48.7 Å². The van der Waals surface area contributed by atoms with Gasteiger partial charge in [0, 0.05) is 30.0 Å². The number of nitrogens with two attached hydrogens (primary N) is 1. The molecule has 0 saturated heterocycles. The molecule has 2 aliphatic carbocycles. The summed E-state index contributed by atoms with van der Waals surface area (Å²) < 4.78 is 26.9. The van der Waals surface area contributed by atoms with Crippen LogP contribution < -0.4 is 31.3 Å². The molecular formula is C28H31N8O4P. The molecule has 1 aromatic carbocycles. The number of primary amides is 1. The first-order valence-corrected chi connectivity index (χ1v) is 15.2. The second-order valence-electron chi connectivity index (χ2n) is 10.3. The predicted molar refractivity (Wildman–Crippen MR) is 156 cm³/mol. The number of para-hydroxylation sites is 1. The molecule has 3 heterocycles. The van der Waals surface area contributed by atoms with E-state index in [0.29, 0.717) is 40.2 Å².